The second-order valence-corrected chi connectivity index (χ2v) is 3.98. The smallest absolute Gasteiger partial charge is 0.409 e. The lowest BCUT2D eigenvalue weighted by atomic mass is 10.3. The van der Waals surface area contributed by atoms with Gasteiger partial charge in [0, 0.05) is 33.3 Å². The van der Waals surface area contributed by atoms with E-state index in [0.29, 0.717) is 26.2 Å². The van der Waals surface area contributed by atoms with Gasteiger partial charge in [-0.15, -0.1) is 11.6 Å². The Labute approximate surface area is 105 Å². The Hall–Kier alpha value is -1.01. The number of halogens is 1. The summed E-state index contributed by atoms with van der Waals surface area (Å²) < 4.78 is 9.67. The summed E-state index contributed by atoms with van der Waals surface area (Å²) in [6, 6.07) is 0. The van der Waals surface area contributed by atoms with Crippen molar-refractivity contribution in [2.24, 2.45) is 0 Å². The maximum atomic E-state index is 11.5. The van der Waals surface area contributed by atoms with E-state index in [1.54, 1.807) is 9.80 Å². The number of carbonyl (C=O) groups is 2. The molecule has 0 aromatic heterocycles. The fraction of sp³-hybridized carbons (Fsp3) is 0.800. The van der Waals surface area contributed by atoms with E-state index in [9.17, 15) is 9.59 Å². The van der Waals surface area contributed by atoms with E-state index in [2.05, 4.69) is 0 Å². The quantitative estimate of drug-likeness (QED) is 0.679. The van der Waals surface area contributed by atoms with Crippen LogP contribution in [-0.2, 0) is 14.3 Å². The molecular weight excluding hydrogens is 248 g/mol. The number of nitrogens with zero attached hydrogens (tertiary/aromatic N) is 2. The predicted molar refractivity (Wildman–Crippen MR) is 62.1 cm³/mol. The predicted octanol–water partition coefficient (Wildman–Crippen LogP) is 0.152. The molecule has 0 aromatic carbocycles. The number of alkyl halides is 1. The lowest BCUT2D eigenvalue weighted by molar-refractivity contribution is -0.136. The SMILES string of the molecule is COCC(=O)N1CCN(C(=O)OCCCl)CC1. The molecule has 1 aliphatic rings. The Kier molecular flexibility index (Phi) is 6.07. The number of hydrogen-bond donors (Lipinski definition) is 0. The van der Waals surface area contributed by atoms with Gasteiger partial charge in [0.1, 0.15) is 13.2 Å². The van der Waals surface area contributed by atoms with Gasteiger partial charge in [0.15, 0.2) is 0 Å². The van der Waals surface area contributed by atoms with Crippen molar-refractivity contribution in [2.45, 2.75) is 0 Å². The number of ether oxygens (including phenoxy) is 2. The standard InChI is InChI=1S/C10H17ClN2O4/c1-16-8-9(14)12-3-5-13(6-4-12)10(15)17-7-2-11/h2-8H2,1H3. The van der Waals surface area contributed by atoms with Crippen molar-refractivity contribution in [3.63, 3.8) is 0 Å². The van der Waals surface area contributed by atoms with Crippen LogP contribution in [0.15, 0.2) is 0 Å². The molecule has 2 amide bonds. The third kappa shape index (κ3) is 4.40. The molecule has 0 aromatic rings. The molecule has 0 N–H and O–H groups in total. The number of methoxy groups -OCH3 is 1. The first-order chi connectivity index (χ1) is 8.19. The van der Waals surface area contributed by atoms with Gasteiger partial charge in [0.25, 0.3) is 0 Å². The Morgan fingerprint density at radius 2 is 1.76 bits per heavy atom. The van der Waals surface area contributed by atoms with Crippen LogP contribution < -0.4 is 0 Å². The zero-order chi connectivity index (χ0) is 12.7. The fourth-order valence-electron chi connectivity index (χ4n) is 1.57. The number of hydrogen-bond acceptors (Lipinski definition) is 4. The molecule has 1 rings (SSSR count). The molecule has 0 aliphatic carbocycles. The first-order valence-electron chi connectivity index (χ1n) is 5.43. The second-order valence-electron chi connectivity index (χ2n) is 3.60. The van der Waals surface area contributed by atoms with E-state index in [1.165, 1.54) is 7.11 Å². The van der Waals surface area contributed by atoms with Crippen molar-refractivity contribution in [3.8, 4) is 0 Å². The lowest BCUT2D eigenvalue weighted by Gasteiger charge is -2.33. The summed E-state index contributed by atoms with van der Waals surface area (Å²) in [6.07, 6.45) is -0.371. The average Bonchev–Trinajstić information content (AvgIpc) is 2.36. The van der Waals surface area contributed by atoms with Gasteiger partial charge >= 0.3 is 6.09 Å². The molecule has 0 saturated carbocycles. The lowest BCUT2D eigenvalue weighted by Crippen LogP contribution is -2.51. The molecule has 0 radical (unpaired) electrons. The topological polar surface area (TPSA) is 59.1 Å². The Balaban J connectivity index is 2.30. The van der Waals surface area contributed by atoms with Crippen LogP contribution in [0.1, 0.15) is 0 Å². The summed E-state index contributed by atoms with van der Waals surface area (Å²) in [5, 5.41) is 0. The van der Waals surface area contributed by atoms with Crippen molar-refractivity contribution in [1.82, 2.24) is 9.80 Å². The van der Waals surface area contributed by atoms with Gasteiger partial charge in [-0.3, -0.25) is 4.79 Å². The van der Waals surface area contributed by atoms with Crippen LogP contribution in [0.4, 0.5) is 4.79 Å². The molecule has 1 fully saturated rings. The largest absolute Gasteiger partial charge is 0.448 e. The van der Waals surface area contributed by atoms with E-state index in [1.807, 2.05) is 0 Å². The van der Waals surface area contributed by atoms with Crippen LogP contribution in [0.25, 0.3) is 0 Å². The van der Waals surface area contributed by atoms with E-state index >= 15 is 0 Å². The van der Waals surface area contributed by atoms with E-state index in [-0.39, 0.29) is 31.1 Å². The molecule has 0 atom stereocenters. The average molecular weight is 265 g/mol. The number of piperazine rings is 1. The van der Waals surface area contributed by atoms with Crippen molar-refractivity contribution in [2.75, 3.05) is 52.4 Å². The number of amides is 2. The van der Waals surface area contributed by atoms with Gasteiger partial charge in [-0.05, 0) is 0 Å². The Morgan fingerprint density at radius 3 is 2.29 bits per heavy atom. The summed E-state index contributed by atoms with van der Waals surface area (Å²) in [6.45, 7) is 2.28. The van der Waals surface area contributed by atoms with Crippen LogP contribution in [-0.4, -0.2) is 74.2 Å². The van der Waals surface area contributed by atoms with Crippen LogP contribution >= 0.6 is 11.6 Å². The number of carbonyl (C=O) groups excluding carboxylic acids is 2. The Bertz CT molecular complexity index is 267. The van der Waals surface area contributed by atoms with Gasteiger partial charge < -0.3 is 19.3 Å². The van der Waals surface area contributed by atoms with Crippen molar-refractivity contribution >= 4 is 23.6 Å². The monoisotopic (exact) mass is 264 g/mol. The summed E-state index contributed by atoms with van der Waals surface area (Å²) in [5.74, 6) is 0.235. The molecule has 0 spiro atoms. The van der Waals surface area contributed by atoms with Gasteiger partial charge in [-0.2, -0.15) is 0 Å². The van der Waals surface area contributed by atoms with Crippen molar-refractivity contribution < 1.29 is 19.1 Å². The minimum absolute atomic E-state index is 0.0544. The summed E-state index contributed by atoms with van der Waals surface area (Å²) in [5.41, 5.74) is 0. The Morgan fingerprint density at radius 1 is 1.18 bits per heavy atom. The highest BCUT2D eigenvalue weighted by Crippen LogP contribution is 2.04. The third-order valence-corrected chi connectivity index (χ3v) is 2.62. The molecule has 1 heterocycles. The van der Waals surface area contributed by atoms with Gasteiger partial charge in [0.05, 0.1) is 5.88 Å². The van der Waals surface area contributed by atoms with Crippen molar-refractivity contribution in [3.05, 3.63) is 0 Å². The van der Waals surface area contributed by atoms with Crippen LogP contribution in [0.2, 0.25) is 0 Å². The molecule has 6 nitrogen and oxygen atoms in total. The van der Waals surface area contributed by atoms with Crippen LogP contribution in [0.3, 0.4) is 0 Å². The van der Waals surface area contributed by atoms with Crippen LogP contribution in [0, 0.1) is 0 Å². The van der Waals surface area contributed by atoms with E-state index in [4.69, 9.17) is 21.1 Å². The van der Waals surface area contributed by atoms with Crippen molar-refractivity contribution in [1.29, 1.82) is 0 Å². The van der Waals surface area contributed by atoms with Gasteiger partial charge in [-0.25, -0.2) is 4.79 Å². The molecule has 1 saturated heterocycles. The van der Waals surface area contributed by atoms with Crippen LogP contribution in [0.5, 0.6) is 0 Å². The fourth-order valence-corrected chi connectivity index (χ4v) is 1.65. The zero-order valence-corrected chi connectivity index (χ0v) is 10.6. The molecule has 0 bridgehead atoms. The number of rotatable bonds is 4. The summed E-state index contributed by atoms with van der Waals surface area (Å²) in [7, 11) is 1.48. The third-order valence-electron chi connectivity index (χ3n) is 2.46. The minimum atomic E-state index is -0.371. The molecule has 7 heteroatoms. The van der Waals surface area contributed by atoms with E-state index in [0.717, 1.165) is 0 Å². The molecule has 0 unspecified atom stereocenters. The highest BCUT2D eigenvalue weighted by atomic mass is 35.5. The highest BCUT2D eigenvalue weighted by Gasteiger charge is 2.24. The second kappa shape index (κ2) is 7.34. The normalized spacial score (nSPS) is 15.9. The van der Waals surface area contributed by atoms with Gasteiger partial charge in [-0.1, -0.05) is 0 Å². The molecular formula is C10H17ClN2O4. The zero-order valence-electron chi connectivity index (χ0n) is 9.86. The maximum Gasteiger partial charge on any atom is 0.409 e. The molecule has 17 heavy (non-hydrogen) atoms. The maximum absolute atomic E-state index is 11.5. The summed E-state index contributed by atoms with van der Waals surface area (Å²) >= 11 is 5.42. The molecule has 98 valence electrons. The molecule has 1 aliphatic heterocycles. The highest BCUT2D eigenvalue weighted by molar-refractivity contribution is 6.18. The summed E-state index contributed by atoms with van der Waals surface area (Å²) in [4.78, 5) is 26.2. The van der Waals surface area contributed by atoms with E-state index < -0.39 is 0 Å². The minimum Gasteiger partial charge on any atom is -0.448 e. The first-order valence-corrected chi connectivity index (χ1v) is 5.97. The van der Waals surface area contributed by atoms with Gasteiger partial charge in [0.2, 0.25) is 5.91 Å². The first kappa shape index (κ1) is 14.1.